The summed E-state index contributed by atoms with van der Waals surface area (Å²) >= 11 is 0. The van der Waals surface area contributed by atoms with Crippen molar-refractivity contribution in [2.45, 2.75) is 67.6 Å². The number of allylic oxidation sites excluding steroid dienone is 2. The number of fused-ring (bicyclic) bond motifs is 4. The zero-order valence-corrected chi connectivity index (χ0v) is 45.7. The maximum Gasteiger partial charge on any atom is 0.255 e. The van der Waals surface area contributed by atoms with Crippen LogP contribution in [0.5, 0.6) is 0 Å². The van der Waals surface area contributed by atoms with Crippen molar-refractivity contribution in [1.29, 1.82) is 0 Å². The fourth-order valence-electron chi connectivity index (χ4n) is 9.60. The van der Waals surface area contributed by atoms with Gasteiger partial charge in [-0.1, -0.05) is 37.9 Å². The number of carbonyl (C=O) groups is 2. The molecule has 4 aliphatic heterocycles. The van der Waals surface area contributed by atoms with E-state index in [0.29, 0.717) is 53.5 Å². The van der Waals surface area contributed by atoms with Gasteiger partial charge >= 0.3 is 0 Å². The lowest BCUT2D eigenvalue weighted by Gasteiger charge is -2.38. The zero-order valence-electron chi connectivity index (χ0n) is 45.7. The number of piperazine rings is 2. The molecule has 2 saturated heterocycles. The first-order chi connectivity index (χ1) is 37.4. The minimum atomic E-state index is -0.190. The highest BCUT2D eigenvalue weighted by Gasteiger charge is 2.29. The van der Waals surface area contributed by atoms with E-state index in [-0.39, 0.29) is 11.8 Å². The number of aromatic amines is 2. The van der Waals surface area contributed by atoms with Crippen LogP contribution in [0.15, 0.2) is 95.6 Å². The summed E-state index contributed by atoms with van der Waals surface area (Å²) in [6.45, 7) is 21.4. The van der Waals surface area contributed by atoms with Crippen molar-refractivity contribution in [3.8, 4) is 22.5 Å². The molecule has 402 valence electrons. The third kappa shape index (κ3) is 10.9. The van der Waals surface area contributed by atoms with Gasteiger partial charge in [0.2, 0.25) is 11.9 Å². The number of pyridine rings is 2. The minimum absolute atomic E-state index is 0.189. The third-order valence-electron chi connectivity index (χ3n) is 14.5. The van der Waals surface area contributed by atoms with Crippen LogP contribution in [-0.4, -0.2) is 172 Å². The molecule has 12 rings (SSSR count). The van der Waals surface area contributed by atoms with Gasteiger partial charge in [0.25, 0.3) is 11.8 Å². The Balaban J connectivity index is 0.000000177. The molecule has 4 aliphatic rings. The maximum absolute atomic E-state index is 13.2. The molecule has 8 aromatic rings. The van der Waals surface area contributed by atoms with Gasteiger partial charge in [-0.05, 0) is 116 Å². The second kappa shape index (κ2) is 23.1. The molecule has 0 saturated carbocycles. The topological polar surface area (TPSA) is 248 Å². The predicted molar refractivity (Wildman–Crippen MR) is 300 cm³/mol. The quantitative estimate of drug-likeness (QED) is 0.138. The number of hydrogen-bond donors (Lipinski definition) is 4. The van der Waals surface area contributed by atoms with Gasteiger partial charge < -0.3 is 40.0 Å². The highest BCUT2D eigenvalue weighted by atomic mass is 16.2. The average molecular weight is 1050 g/mol. The van der Waals surface area contributed by atoms with Crippen molar-refractivity contribution < 1.29 is 9.59 Å². The number of aromatic nitrogens is 14. The van der Waals surface area contributed by atoms with E-state index in [9.17, 15) is 9.59 Å². The molecule has 6 aromatic heterocycles. The van der Waals surface area contributed by atoms with Crippen LogP contribution < -0.4 is 30.2 Å². The first kappa shape index (κ1) is 53.2. The number of anilines is 6. The van der Waals surface area contributed by atoms with Gasteiger partial charge in [0.15, 0.2) is 0 Å². The number of carbonyl (C=O) groups excluding carboxylic acids is 2. The number of nitrogens with one attached hydrogen (secondary N) is 4. The molecular formula is C53H68N22O2. The molecule has 1 atom stereocenters. The molecule has 0 bridgehead atoms. The molecule has 10 heterocycles. The lowest BCUT2D eigenvalue weighted by molar-refractivity contribution is -0.114. The van der Waals surface area contributed by atoms with Crippen LogP contribution in [0.4, 0.5) is 34.9 Å². The number of benzene rings is 2. The van der Waals surface area contributed by atoms with Gasteiger partial charge in [-0.2, -0.15) is 10.2 Å². The number of H-pyrrole nitrogens is 2. The summed E-state index contributed by atoms with van der Waals surface area (Å²) in [6.07, 6.45) is 3.67. The lowest BCUT2D eigenvalue weighted by atomic mass is 10.1. The molecule has 2 amide bonds. The Kier molecular flexibility index (Phi) is 15.9. The molecule has 1 unspecified atom stereocenters. The van der Waals surface area contributed by atoms with Crippen LogP contribution in [0.2, 0.25) is 0 Å². The van der Waals surface area contributed by atoms with Crippen molar-refractivity contribution in [2.24, 2.45) is 0 Å². The molecule has 0 radical (unpaired) electrons. The first-order valence-electron chi connectivity index (χ1n) is 26.2. The summed E-state index contributed by atoms with van der Waals surface area (Å²) in [5.74, 6) is 2.75. The smallest absolute Gasteiger partial charge is 0.255 e. The largest absolute Gasteiger partial charge is 0.354 e. The van der Waals surface area contributed by atoms with E-state index in [0.717, 1.165) is 113 Å². The van der Waals surface area contributed by atoms with Gasteiger partial charge in [-0.3, -0.25) is 19.8 Å². The SMILES string of the molecule is CC.CC.CC1=C(C(=O)Nc2ccc3[nH]nc(-c4ccnc(N5CCN(C)C(C)C5)c4)c3c2)Cn2nnnc2N1C.CC1=C(C(=O)Nc2ccc3[nH]nc(-c4ccnc(N5CCN(C)CC5)c4)c3c2)Cn2nnnc2N1C. The van der Waals surface area contributed by atoms with Gasteiger partial charge in [-0.25, -0.2) is 19.3 Å². The molecule has 2 aromatic carbocycles. The molecular weight excluding hydrogens is 977 g/mol. The highest BCUT2D eigenvalue weighted by molar-refractivity contribution is 6.07. The Morgan fingerprint density at radius 1 is 0.584 bits per heavy atom. The Morgan fingerprint density at radius 2 is 1.04 bits per heavy atom. The summed E-state index contributed by atoms with van der Waals surface area (Å²) in [5, 5.41) is 46.8. The van der Waals surface area contributed by atoms with Crippen LogP contribution in [-0.2, 0) is 22.7 Å². The van der Waals surface area contributed by atoms with Crippen LogP contribution in [0.1, 0.15) is 48.5 Å². The summed E-state index contributed by atoms with van der Waals surface area (Å²) < 4.78 is 3.22. The van der Waals surface area contributed by atoms with E-state index in [2.05, 4.69) is 125 Å². The second-order valence-electron chi connectivity index (χ2n) is 19.0. The Bertz CT molecular complexity index is 3450. The van der Waals surface area contributed by atoms with Gasteiger partial charge in [0, 0.05) is 123 Å². The molecule has 0 aliphatic carbocycles. The van der Waals surface area contributed by atoms with Crippen molar-refractivity contribution in [1.82, 2.24) is 80.6 Å². The lowest BCUT2D eigenvalue weighted by Crippen LogP contribution is -2.50. The second-order valence-corrected chi connectivity index (χ2v) is 19.0. The van der Waals surface area contributed by atoms with Gasteiger partial charge in [0.1, 0.15) is 23.0 Å². The number of likely N-dealkylation sites (N-methyl/N-ethyl adjacent to an activating group) is 2. The average Bonchev–Trinajstić information content (AvgIpc) is 4.31. The van der Waals surface area contributed by atoms with Crippen LogP contribution in [0.25, 0.3) is 44.3 Å². The van der Waals surface area contributed by atoms with E-state index in [4.69, 9.17) is 0 Å². The normalized spacial score (nSPS) is 16.7. The van der Waals surface area contributed by atoms with E-state index in [1.165, 1.54) is 0 Å². The summed E-state index contributed by atoms with van der Waals surface area (Å²) in [5.41, 5.74) is 9.61. The Morgan fingerprint density at radius 3 is 1.51 bits per heavy atom. The van der Waals surface area contributed by atoms with E-state index in [1.807, 2.05) is 126 Å². The predicted octanol–water partition coefficient (Wildman–Crippen LogP) is 5.89. The van der Waals surface area contributed by atoms with E-state index >= 15 is 0 Å². The van der Waals surface area contributed by atoms with Crippen molar-refractivity contribution >= 4 is 68.5 Å². The maximum atomic E-state index is 13.2. The van der Waals surface area contributed by atoms with Crippen molar-refractivity contribution in [2.75, 3.05) is 104 Å². The molecule has 4 N–H and O–H groups in total. The number of tetrazole rings is 2. The number of nitrogens with zero attached hydrogens (tertiary/aromatic N) is 18. The Hall–Kier alpha value is -8.64. The fraction of sp³-hybridized carbons (Fsp3) is 0.396. The molecule has 24 heteroatoms. The number of rotatable bonds is 8. The molecule has 77 heavy (non-hydrogen) atoms. The minimum Gasteiger partial charge on any atom is -0.354 e. The van der Waals surface area contributed by atoms with E-state index < -0.39 is 0 Å². The number of hydrogen-bond acceptors (Lipinski definition) is 18. The summed E-state index contributed by atoms with van der Waals surface area (Å²) in [4.78, 5) is 48.6. The van der Waals surface area contributed by atoms with Gasteiger partial charge in [-0.15, -0.1) is 0 Å². The Labute approximate surface area is 447 Å². The monoisotopic (exact) mass is 1040 g/mol. The van der Waals surface area contributed by atoms with Gasteiger partial charge in [0.05, 0.1) is 35.3 Å². The summed E-state index contributed by atoms with van der Waals surface area (Å²) in [6, 6.07) is 20.1. The molecule has 24 nitrogen and oxygen atoms in total. The number of amides is 2. The standard InChI is InChI=1S/C25H29N11O.C24H27N11O.2C2H6/c1-15-13-35(10-9-33(15)3)22-11-17(7-8-26-22)23-19-12-18(5-6-21(19)28-29-23)27-24(37)20-14-36-25(30-31-32-36)34(4)16(20)2;1-15-19(14-35-24(33(15)3)29-30-31-35)23(36)26-17-4-5-20-18(13-17)22(28-27-20)16-6-7-25-21(12-16)34-10-8-32(2)9-11-34;2*1-2/h5-8,11-12,15H,9-10,13-14H2,1-4H3,(H,27,37)(H,28,29);4-7,12-13H,8-11,14H2,1-3H3,(H,26,36)(H,27,28);2*1-2H3. The van der Waals surface area contributed by atoms with Crippen LogP contribution >= 0.6 is 0 Å². The first-order valence-corrected chi connectivity index (χ1v) is 26.2. The van der Waals surface area contributed by atoms with Crippen molar-refractivity contribution in [3.63, 3.8) is 0 Å². The third-order valence-corrected chi connectivity index (χ3v) is 14.5. The van der Waals surface area contributed by atoms with Crippen LogP contribution in [0, 0.1) is 0 Å². The zero-order chi connectivity index (χ0) is 54.5. The fourth-order valence-corrected chi connectivity index (χ4v) is 9.60. The molecule has 0 spiro atoms. The van der Waals surface area contributed by atoms with Crippen molar-refractivity contribution in [3.05, 3.63) is 95.6 Å². The summed E-state index contributed by atoms with van der Waals surface area (Å²) in [7, 11) is 7.99. The highest BCUT2D eigenvalue weighted by Crippen LogP contribution is 2.34. The van der Waals surface area contributed by atoms with Crippen LogP contribution in [0.3, 0.4) is 0 Å². The van der Waals surface area contributed by atoms with E-state index in [1.54, 1.807) is 9.36 Å². The molecule has 2 fully saturated rings.